The molecule has 23 heavy (non-hydrogen) atoms. The Morgan fingerprint density at radius 3 is 2.52 bits per heavy atom. The fourth-order valence-corrected chi connectivity index (χ4v) is 3.81. The van der Waals surface area contributed by atoms with Gasteiger partial charge in [-0.05, 0) is 20.4 Å². The molecule has 1 fully saturated rings. The van der Waals surface area contributed by atoms with Gasteiger partial charge in [-0.25, -0.2) is 8.42 Å². The van der Waals surface area contributed by atoms with Crippen molar-refractivity contribution in [2.45, 2.75) is 25.6 Å². The Morgan fingerprint density at radius 2 is 2.04 bits per heavy atom. The van der Waals surface area contributed by atoms with E-state index in [1.165, 1.54) is 7.05 Å². The summed E-state index contributed by atoms with van der Waals surface area (Å²) >= 11 is 0. The topological polar surface area (TPSA) is 73.8 Å². The van der Waals surface area contributed by atoms with E-state index in [0.29, 0.717) is 18.9 Å². The monoisotopic (exact) mass is 472 g/mol. The summed E-state index contributed by atoms with van der Waals surface area (Å²) in [5.74, 6) is 0.647. The molecule has 0 aliphatic carbocycles. The summed E-state index contributed by atoms with van der Waals surface area (Å²) in [7, 11) is -1.61. The van der Waals surface area contributed by atoms with Gasteiger partial charge in [0.15, 0.2) is 15.8 Å². The molecular weight excluding hydrogens is 448 g/mol. The van der Waals surface area contributed by atoms with Crippen molar-refractivity contribution in [3.8, 4) is 0 Å². The Morgan fingerprint density at radius 1 is 1.39 bits per heavy atom. The van der Waals surface area contributed by atoms with Crippen LogP contribution in [0, 0.1) is 0 Å². The summed E-state index contributed by atoms with van der Waals surface area (Å²) in [4.78, 5) is 5.33. The van der Waals surface area contributed by atoms with Gasteiger partial charge in [-0.1, -0.05) is 0 Å². The van der Waals surface area contributed by atoms with E-state index >= 15 is 0 Å². The van der Waals surface area contributed by atoms with Crippen LogP contribution in [0.25, 0.3) is 0 Å². The Kier molecular flexibility index (Phi) is 9.74. The van der Waals surface area contributed by atoms with Gasteiger partial charge < -0.3 is 10.6 Å². The summed E-state index contributed by atoms with van der Waals surface area (Å²) in [6.07, 6.45) is -3.71. The van der Waals surface area contributed by atoms with Crippen molar-refractivity contribution in [1.82, 2.24) is 15.5 Å². The molecule has 1 unspecified atom stereocenters. The van der Waals surface area contributed by atoms with Crippen molar-refractivity contribution in [3.63, 3.8) is 0 Å². The van der Waals surface area contributed by atoms with Crippen LogP contribution in [0.3, 0.4) is 0 Å². The number of nitrogens with one attached hydrogen (secondary N) is 2. The molecule has 0 aromatic heterocycles. The summed E-state index contributed by atoms with van der Waals surface area (Å²) in [5.41, 5.74) is 0. The molecule has 6 nitrogen and oxygen atoms in total. The lowest BCUT2D eigenvalue weighted by Crippen LogP contribution is -2.44. The van der Waals surface area contributed by atoms with Crippen molar-refractivity contribution < 1.29 is 21.6 Å². The van der Waals surface area contributed by atoms with Crippen molar-refractivity contribution >= 4 is 39.8 Å². The lowest BCUT2D eigenvalue weighted by molar-refractivity contribution is -0.142. The van der Waals surface area contributed by atoms with E-state index in [0.717, 1.165) is 4.90 Å². The molecule has 1 saturated heterocycles. The molecule has 1 heterocycles. The lowest BCUT2D eigenvalue weighted by Gasteiger charge is -2.19. The molecule has 0 aromatic carbocycles. The minimum atomic E-state index is -4.22. The van der Waals surface area contributed by atoms with Gasteiger partial charge in [-0.15, -0.1) is 24.0 Å². The van der Waals surface area contributed by atoms with E-state index in [1.54, 1.807) is 0 Å². The molecule has 138 valence electrons. The number of likely N-dealkylation sites (N-methyl/N-ethyl adjacent to an activating group) is 1. The molecule has 0 aromatic rings. The minimum Gasteiger partial charge on any atom is -0.357 e. The average molecular weight is 472 g/mol. The fourth-order valence-electron chi connectivity index (χ4n) is 2.14. The zero-order valence-corrected chi connectivity index (χ0v) is 16.3. The predicted octanol–water partition coefficient (Wildman–Crippen LogP) is 0.841. The van der Waals surface area contributed by atoms with Crippen molar-refractivity contribution in [3.05, 3.63) is 0 Å². The zero-order chi connectivity index (χ0) is 16.8. The lowest BCUT2D eigenvalue weighted by atomic mass is 10.3. The number of sulfone groups is 1. The van der Waals surface area contributed by atoms with Gasteiger partial charge in [0.2, 0.25) is 0 Å². The summed E-state index contributed by atoms with van der Waals surface area (Å²) in [6, 6.07) is -0.198. The molecular formula is C12H24F3IN4O2S. The van der Waals surface area contributed by atoms with Gasteiger partial charge in [0.1, 0.15) is 0 Å². The first kappa shape index (κ1) is 22.7. The van der Waals surface area contributed by atoms with Crippen LogP contribution >= 0.6 is 24.0 Å². The number of hydrogen-bond donors (Lipinski definition) is 2. The second kappa shape index (κ2) is 9.87. The number of halogens is 4. The Balaban J connectivity index is 0.00000484. The summed E-state index contributed by atoms with van der Waals surface area (Å²) in [6.45, 7) is 1.83. The molecule has 1 atom stereocenters. The molecule has 0 saturated carbocycles. The highest BCUT2D eigenvalue weighted by Gasteiger charge is 2.29. The Hall–Kier alpha value is -0.300. The van der Waals surface area contributed by atoms with Gasteiger partial charge in [-0.2, -0.15) is 13.2 Å². The van der Waals surface area contributed by atoms with Gasteiger partial charge >= 0.3 is 6.18 Å². The maximum atomic E-state index is 12.2. The van der Waals surface area contributed by atoms with E-state index in [-0.39, 0.29) is 54.6 Å². The van der Waals surface area contributed by atoms with Crippen LogP contribution in [0.15, 0.2) is 4.99 Å². The SMILES string of the molecule is CCNC(=NCCN(C)CC(F)(F)F)NC1CCS(=O)(=O)C1.I. The smallest absolute Gasteiger partial charge is 0.357 e. The van der Waals surface area contributed by atoms with Crippen molar-refractivity contribution in [2.24, 2.45) is 4.99 Å². The zero-order valence-electron chi connectivity index (χ0n) is 13.2. The normalized spacial score (nSPS) is 21.1. The number of rotatable bonds is 6. The minimum absolute atomic E-state index is 0. The van der Waals surface area contributed by atoms with Crippen LogP contribution in [-0.4, -0.2) is 76.2 Å². The van der Waals surface area contributed by atoms with Crippen LogP contribution in [0.4, 0.5) is 13.2 Å². The molecule has 1 aliphatic rings. The summed E-state index contributed by atoms with van der Waals surface area (Å²) in [5, 5.41) is 5.98. The Labute approximate surface area is 152 Å². The van der Waals surface area contributed by atoms with E-state index in [1.807, 2.05) is 6.92 Å². The van der Waals surface area contributed by atoms with Gasteiger partial charge in [0.05, 0.1) is 24.6 Å². The molecule has 1 rings (SSSR count). The van der Waals surface area contributed by atoms with E-state index in [4.69, 9.17) is 0 Å². The van der Waals surface area contributed by atoms with Crippen LogP contribution in [0.5, 0.6) is 0 Å². The summed E-state index contributed by atoms with van der Waals surface area (Å²) < 4.78 is 59.4. The molecule has 1 aliphatic heterocycles. The standard InChI is InChI=1S/C12H23F3N4O2S.HI/c1-3-16-11(18-10-4-7-22(20,21)8-10)17-5-6-19(2)9-12(13,14)15;/h10H,3-9H2,1-2H3,(H2,16,17,18);1H. The molecule has 11 heteroatoms. The van der Waals surface area contributed by atoms with Crippen molar-refractivity contribution in [2.75, 3.05) is 44.7 Å². The third kappa shape index (κ3) is 10.2. The molecule has 2 N–H and O–H groups in total. The molecule has 0 spiro atoms. The molecule has 0 amide bonds. The van der Waals surface area contributed by atoms with Crippen LogP contribution in [0.1, 0.15) is 13.3 Å². The van der Waals surface area contributed by atoms with Crippen LogP contribution in [0.2, 0.25) is 0 Å². The predicted molar refractivity (Wildman–Crippen MR) is 95.1 cm³/mol. The first-order valence-corrected chi connectivity index (χ1v) is 8.94. The van der Waals surface area contributed by atoms with Crippen molar-refractivity contribution in [1.29, 1.82) is 0 Å². The first-order valence-electron chi connectivity index (χ1n) is 7.12. The first-order chi connectivity index (χ1) is 10.1. The largest absolute Gasteiger partial charge is 0.401 e. The van der Waals surface area contributed by atoms with E-state index < -0.39 is 22.6 Å². The highest BCUT2D eigenvalue weighted by atomic mass is 127. The van der Waals surface area contributed by atoms with Crippen LogP contribution in [-0.2, 0) is 9.84 Å². The Bertz CT molecular complexity index is 485. The van der Waals surface area contributed by atoms with E-state index in [2.05, 4.69) is 15.6 Å². The third-order valence-corrected chi connectivity index (χ3v) is 4.89. The average Bonchev–Trinajstić information content (AvgIpc) is 2.66. The maximum Gasteiger partial charge on any atom is 0.401 e. The quantitative estimate of drug-likeness (QED) is 0.341. The van der Waals surface area contributed by atoms with Gasteiger partial charge in [-0.3, -0.25) is 9.89 Å². The highest BCUT2D eigenvalue weighted by molar-refractivity contribution is 14.0. The third-order valence-electron chi connectivity index (χ3n) is 3.12. The number of hydrogen-bond acceptors (Lipinski definition) is 4. The second-order valence-corrected chi connectivity index (χ2v) is 7.59. The van der Waals surface area contributed by atoms with Crippen LogP contribution < -0.4 is 10.6 Å². The molecule has 0 radical (unpaired) electrons. The number of guanidine groups is 1. The second-order valence-electron chi connectivity index (χ2n) is 5.36. The molecule has 0 bridgehead atoms. The van der Waals surface area contributed by atoms with E-state index in [9.17, 15) is 21.6 Å². The fraction of sp³-hybridized carbons (Fsp3) is 0.917. The maximum absolute atomic E-state index is 12.2. The number of aliphatic imine (C=N–C) groups is 1. The highest BCUT2D eigenvalue weighted by Crippen LogP contribution is 2.15. The van der Waals surface area contributed by atoms with Gasteiger partial charge in [0, 0.05) is 19.1 Å². The van der Waals surface area contributed by atoms with Gasteiger partial charge in [0.25, 0.3) is 0 Å². The number of alkyl halides is 3. The number of nitrogens with zero attached hydrogens (tertiary/aromatic N) is 2.